The zero-order valence-electron chi connectivity index (χ0n) is 10.2. The van der Waals surface area contributed by atoms with E-state index in [0.717, 1.165) is 25.3 Å². The molecule has 0 spiro atoms. The van der Waals surface area contributed by atoms with Gasteiger partial charge in [-0.25, -0.2) is 26.7 Å². The number of nitrogens with two attached hydrogens (primary N) is 1. The first-order chi connectivity index (χ1) is 8.79. The summed E-state index contributed by atoms with van der Waals surface area (Å²) in [5, 5.41) is 4.97. The van der Waals surface area contributed by atoms with Crippen molar-refractivity contribution in [3.05, 3.63) is 24.3 Å². The second-order valence-electron chi connectivity index (χ2n) is 4.65. The Balaban J connectivity index is 2.14. The van der Waals surface area contributed by atoms with Gasteiger partial charge in [-0.3, -0.25) is 0 Å². The van der Waals surface area contributed by atoms with Crippen LogP contribution in [0.25, 0.3) is 0 Å². The summed E-state index contributed by atoms with van der Waals surface area (Å²) in [7, 11) is -7.58. The molecule has 1 saturated carbocycles. The van der Waals surface area contributed by atoms with E-state index in [-0.39, 0.29) is 9.79 Å². The molecule has 19 heavy (non-hydrogen) atoms. The second-order valence-corrected chi connectivity index (χ2v) is 7.98. The molecule has 8 heteroatoms. The maximum Gasteiger partial charge on any atom is 0.240 e. The van der Waals surface area contributed by atoms with Crippen LogP contribution in [0.3, 0.4) is 0 Å². The second kappa shape index (κ2) is 5.20. The molecule has 0 aromatic heterocycles. The molecular formula is C11H16N2O4S2. The fraction of sp³-hybridized carbons (Fsp3) is 0.455. The first-order valence-corrected chi connectivity index (χ1v) is 8.94. The summed E-state index contributed by atoms with van der Waals surface area (Å²) in [5.41, 5.74) is 0. The van der Waals surface area contributed by atoms with Crippen molar-refractivity contribution < 1.29 is 16.8 Å². The monoisotopic (exact) mass is 304 g/mol. The molecule has 3 N–H and O–H groups in total. The van der Waals surface area contributed by atoms with E-state index in [1.54, 1.807) is 0 Å². The fourth-order valence-corrected chi connectivity index (χ4v) is 3.43. The van der Waals surface area contributed by atoms with Crippen LogP contribution in [0.15, 0.2) is 34.1 Å². The number of benzene rings is 1. The Labute approximate surface area is 113 Å². The zero-order chi connectivity index (χ0) is 14.1. The lowest BCUT2D eigenvalue weighted by Crippen LogP contribution is -2.25. The Morgan fingerprint density at radius 2 is 1.79 bits per heavy atom. The van der Waals surface area contributed by atoms with Crippen LogP contribution >= 0.6 is 0 Å². The highest BCUT2D eigenvalue weighted by molar-refractivity contribution is 7.90. The van der Waals surface area contributed by atoms with Gasteiger partial charge in [-0.05, 0) is 30.5 Å². The van der Waals surface area contributed by atoms with E-state index in [9.17, 15) is 16.8 Å². The quantitative estimate of drug-likeness (QED) is 0.794. The third-order valence-corrected chi connectivity index (χ3v) is 5.36. The van der Waals surface area contributed by atoms with Crippen molar-refractivity contribution in [1.29, 1.82) is 0 Å². The van der Waals surface area contributed by atoms with Crippen LogP contribution in [0.2, 0.25) is 0 Å². The summed E-state index contributed by atoms with van der Waals surface area (Å²) < 4.78 is 48.8. The first kappa shape index (κ1) is 14.4. The third-order valence-electron chi connectivity index (χ3n) is 2.99. The lowest BCUT2D eigenvalue weighted by Gasteiger charge is -2.07. The van der Waals surface area contributed by atoms with E-state index < -0.39 is 20.0 Å². The largest absolute Gasteiger partial charge is 0.240 e. The van der Waals surface area contributed by atoms with Crippen LogP contribution in [0.4, 0.5) is 0 Å². The number of hydrogen-bond acceptors (Lipinski definition) is 4. The Morgan fingerprint density at radius 1 is 1.16 bits per heavy atom. The highest BCUT2D eigenvalue weighted by Gasteiger charge is 2.22. The van der Waals surface area contributed by atoms with Gasteiger partial charge in [0.15, 0.2) is 0 Å². The van der Waals surface area contributed by atoms with E-state index in [0.29, 0.717) is 12.5 Å². The predicted molar refractivity (Wildman–Crippen MR) is 70.3 cm³/mol. The summed E-state index contributed by atoms with van der Waals surface area (Å²) in [6.07, 6.45) is 3.12. The van der Waals surface area contributed by atoms with Crippen molar-refractivity contribution in [3.63, 3.8) is 0 Å². The normalized spacial score (nSPS) is 16.5. The van der Waals surface area contributed by atoms with E-state index in [1.807, 2.05) is 0 Å². The van der Waals surface area contributed by atoms with E-state index >= 15 is 0 Å². The van der Waals surface area contributed by atoms with Crippen molar-refractivity contribution >= 4 is 20.0 Å². The van der Waals surface area contributed by atoms with Gasteiger partial charge < -0.3 is 0 Å². The zero-order valence-corrected chi connectivity index (χ0v) is 11.9. The van der Waals surface area contributed by atoms with Gasteiger partial charge in [0.05, 0.1) is 9.79 Å². The van der Waals surface area contributed by atoms with Gasteiger partial charge in [0.1, 0.15) is 0 Å². The Bertz CT molecular complexity index is 664. The molecule has 106 valence electrons. The topological polar surface area (TPSA) is 106 Å². The summed E-state index contributed by atoms with van der Waals surface area (Å²) in [4.78, 5) is -0.299. The maximum atomic E-state index is 12.0. The molecule has 6 nitrogen and oxygen atoms in total. The number of rotatable bonds is 6. The molecule has 1 aliphatic rings. The molecule has 1 aromatic carbocycles. The summed E-state index contributed by atoms with van der Waals surface area (Å²) in [6, 6.07) is 5.02. The summed E-state index contributed by atoms with van der Waals surface area (Å²) in [5.74, 6) is 0.624. The van der Waals surface area contributed by atoms with Crippen LogP contribution in [-0.4, -0.2) is 23.4 Å². The van der Waals surface area contributed by atoms with Crippen molar-refractivity contribution in [2.24, 2.45) is 11.1 Å². The lowest BCUT2D eigenvalue weighted by molar-refractivity contribution is 0.575. The molecule has 0 heterocycles. The molecule has 2 rings (SSSR count). The molecule has 0 atom stereocenters. The van der Waals surface area contributed by atoms with Crippen LogP contribution in [0.5, 0.6) is 0 Å². The molecule has 1 fully saturated rings. The van der Waals surface area contributed by atoms with Crippen LogP contribution < -0.4 is 9.86 Å². The molecular weight excluding hydrogens is 288 g/mol. The lowest BCUT2D eigenvalue weighted by atomic mass is 10.3. The average molecular weight is 304 g/mol. The standard InChI is InChI=1S/C11H16N2O4S2/c12-18(14,15)10-2-1-3-11(8-10)19(16,17)13-7-6-9-4-5-9/h1-3,8-9,13H,4-7H2,(H2,12,14,15). The Hall–Kier alpha value is -0.960. The Kier molecular flexibility index (Phi) is 3.95. The fourth-order valence-electron chi connectivity index (χ4n) is 1.71. The highest BCUT2D eigenvalue weighted by atomic mass is 32.2. The smallest absolute Gasteiger partial charge is 0.225 e. The Morgan fingerprint density at radius 3 is 2.37 bits per heavy atom. The predicted octanol–water partition coefficient (Wildman–Crippen LogP) is 0.412. The molecule has 1 aromatic rings. The van der Waals surface area contributed by atoms with Crippen LogP contribution in [0, 0.1) is 5.92 Å². The van der Waals surface area contributed by atoms with Gasteiger partial charge in [0.25, 0.3) is 0 Å². The van der Waals surface area contributed by atoms with Crippen molar-refractivity contribution in [1.82, 2.24) is 4.72 Å². The molecule has 0 radical (unpaired) electrons. The SMILES string of the molecule is NS(=O)(=O)c1cccc(S(=O)(=O)NCCC2CC2)c1. The minimum Gasteiger partial charge on any atom is -0.225 e. The molecule has 1 aliphatic carbocycles. The molecule has 0 unspecified atom stereocenters. The number of sulfonamides is 2. The minimum atomic E-state index is -3.90. The van der Waals surface area contributed by atoms with Gasteiger partial charge in [0, 0.05) is 6.54 Å². The van der Waals surface area contributed by atoms with Crippen molar-refractivity contribution in [2.45, 2.75) is 29.1 Å². The molecule has 0 amide bonds. The van der Waals surface area contributed by atoms with Crippen LogP contribution in [-0.2, 0) is 20.0 Å². The first-order valence-electron chi connectivity index (χ1n) is 5.91. The summed E-state index contributed by atoms with van der Waals surface area (Å²) >= 11 is 0. The average Bonchev–Trinajstić information content (AvgIpc) is 3.12. The number of hydrogen-bond donors (Lipinski definition) is 2. The van der Waals surface area contributed by atoms with Gasteiger partial charge in [0.2, 0.25) is 20.0 Å². The van der Waals surface area contributed by atoms with E-state index in [4.69, 9.17) is 5.14 Å². The van der Waals surface area contributed by atoms with Gasteiger partial charge in [-0.1, -0.05) is 18.9 Å². The van der Waals surface area contributed by atoms with Gasteiger partial charge in [-0.2, -0.15) is 0 Å². The van der Waals surface area contributed by atoms with Crippen LogP contribution in [0.1, 0.15) is 19.3 Å². The minimum absolute atomic E-state index is 0.0881. The summed E-state index contributed by atoms with van der Waals surface area (Å²) in [6.45, 7) is 0.368. The van der Waals surface area contributed by atoms with Gasteiger partial charge in [-0.15, -0.1) is 0 Å². The highest BCUT2D eigenvalue weighted by Crippen LogP contribution is 2.31. The van der Waals surface area contributed by atoms with E-state index in [2.05, 4.69) is 4.72 Å². The molecule has 0 bridgehead atoms. The molecule has 0 aliphatic heterocycles. The number of nitrogens with one attached hydrogen (secondary N) is 1. The number of primary sulfonamides is 1. The van der Waals surface area contributed by atoms with E-state index in [1.165, 1.54) is 18.2 Å². The van der Waals surface area contributed by atoms with Crippen molar-refractivity contribution in [3.8, 4) is 0 Å². The maximum absolute atomic E-state index is 12.0. The van der Waals surface area contributed by atoms with Crippen molar-refractivity contribution in [2.75, 3.05) is 6.54 Å². The molecule has 0 saturated heterocycles. The third kappa shape index (κ3) is 4.00. The van der Waals surface area contributed by atoms with Gasteiger partial charge >= 0.3 is 0 Å².